The molecule has 264 valence electrons. The van der Waals surface area contributed by atoms with Crippen molar-refractivity contribution in [2.75, 3.05) is 4.90 Å². The Kier molecular flexibility index (Phi) is 8.55. The van der Waals surface area contributed by atoms with E-state index in [0.29, 0.717) is 0 Å². The van der Waals surface area contributed by atoms with Crippen molar-refractivity contribution in [2.24, 2.45) is 0 Å². The zero-order chi connectivity index (χ0) is 37.3. The van der Waals surface area contributed by atoms with E-state index >= 15 is 0 Å². The molecule has 0 aliphatic heterocycles. The van der Waals surface area contributed by atoms with Crippen molar-refractivity contribution in [3.05, 3.63) is 231 Å². The van der Waals surface area contributed by atoms with Gasteiger partial charge >= 0.3 is 0 Å². The number of benzene rings is 9. The van der Waals surface area contributed by atoms with Gasteiger partial charge in [-0.1, -0.05) is 182 Å². The fraction of sp³-hybridized carbons (Fsp3) is 0. The smallest absolute Gasteiger partial charge is 0.0562 e. The Bertz CT molecular complexity index is 2910. The Morgan fingerprint density at radius 2 is 0.768 bits per heavy atom. The number of anilines is 3. The van der Waals surface area contributed by atoms with Crippen LogP contribution in [0, 0.1) is 0 Å². The Morgan fingerprint density at radius 1 is 0.304 bits per heavy atom. The molecule has 0 saturated carbocycles. The molecule has 2 heteroatoms. The number of nitrogens with zero attached hydrogens (tertiary/aromatic N) is 2. The van der Waals surface area contributed by atoms with E-state index in [1.807, 2.05) is 0 Å². The van der Waals surface area contributed by atoms with Crippen LogP contribution >= 0.6 is 0 Å². The fourth-order valence-corrected chi connectivity index (χ4v) is 8.33. The molecule has 0 saturated heterocycles. The number of fused-ring (bicyclic) bond motifs is 3. The van der Waals surface area contributed by atoms with Gasteiger partial charge in [0, 0.05) is 27.7 Å². The predicted molar refractivity (Wildman–Crippen MR) is 237 cm³/mol. The molecule has 0 aliphatic carbocycles. The van der Waals surface area contributed by atoms with E-state index in [1.165, 1.54) is 49.7 Å². The molecule has 56 heavy (non-hydrogen) atoms. The van der Waals surface area contributed by atoms with Crippen LogP contribution in [-0.4, -0.2) is 4.57 Å². The first-order valence-electron chi connectivity index (χ1n) is 19.2. The van der Waals surface area contributed by atoms with E-state index in [4.69, 9.17) is 0 Å². The van der Waals surface area contributed by atoms with Crippen molar-refractivity contribution in [1.82, 2.24) is 4.57 Å². The molecule has 0 bridgehead atoms. The summed E-state index contributed by atoms with van der Waals surface area (Å²) in [7, 11) is 0. The van der Waals surface area contributed by atoms with Crippen molar-refractivity contribution in [3.63, 3.8) is 0 Å². The van der Waals surface area contributed by atoms with Gasteiger partial charge in [0.2, 0.25) is 0 Å². The summed E-state index contributed by atoms with van der Waals surface area (Å²) < 4.78 is 2.49. The van der Waals surface area contributed by atoms with Crippen molar-refractivity contribution in [2.45, 2.75) is 0 Å². The second kappa shape index (κ2) is 14.4. The zero-order valence-electron chi connectivity index (χ0n) is 30.8. The highest BCUT2D eigenvalue weighted by atomic mass is 15.1. The Hall–Kier alpha value is -7.42. The molecule has 0 atom stereocenters. The van der Waals surface area contributed by atoms with E-state index in [-0.39, 0.29) is 0 Å². The molecule has 1 heterocycles. The second-order valence-electron chi connectivity index (χ2n) is 14.1. The summed E-state index contributed by atoms with van der Waals surface area (Å²) in [6.07, 6.45) is 0. The van der Waals surface area contributed by atoms with Crippen LogP contribution in [-0.2, 0) is 0 Å². The molecule has 0 fully saturated rings. The van der Waals surface area contributed by atoms with Gasteiger partial charge in [-0.15, -0.1) is 0 Å². The molecule has 10 aromatic rings. The number of hydrogen-bond donors (Lipinski definition) is 0. The van der Waals surface area contributed by atoms with Crippen LogP contribution in [0.25, 0.3) is 72.0 Å². The lowest BCUT2D eigenvalue weighted by Crippen LogP contribution is -2.10. The lowest BCUT2D eigenvalue weighted by atomic mass is 9.90. The largest absolute Gasteiger partial charge is 0.310 e. The van der Waals surface area contributed by atoms with E-state index in [0.717, 1.165) is 39.3 Å². The van der Waals surface area contributed by atoms with Gasteiger partial charge < -0.3 is 9.47 Å². The van der Waals surface area contributed by atoms with Gasteiger partial charge in [-0.2, -0.15) is 0 Å². The van der Waals surface area contributed by atoms with Crippen molar-refractivity contribution in [1.29, 1.82) is 0 Å². The molecule has 0 unspecified atom stereocenters. The third-order valence-electron chi connectivity index (χ3n) is 10.8. The Labute approximate surface area is 327 Å². The van der Waals surface area contributed by atoms with E-state index in [2.05, 4.69) is 240 Å². The van der Waals surface area contributed by atoms with Gasteiger partial charge in [-0.3, -0.25) is 0 Å². The molecule has 0 aliphatic rings. The quantitative estimate of drug-likeness (QED) is 0.152. The van der Waals surface area contributed by atoms with Crippen molar-refractivity contribution < 1.29 is 0 Å². The first kappa shape index (κ1) is 33.2. The predicted octanol–water partition coefficient (Wildman–Crippen LogP) is 14.9. The standard InChI is InChI=1S/C54H38N2/c1-5-20-39(21-6-1)44-28-13-14-30-46(44)41-36-37-48(47-31-16-15-29-45(47)40-22-7-2-8-23-40)53(38-41)56-50-33-18-17-32-49(50)54-51(34-19-35-52(54)56)55(42-24-9-3-10-25-42)43-26-11-4-12-27-43/h1-38H. The monoisotopic (exact) mass is 714 g/mol. The molecule has 10 rings (SSSR count). The van der Waals surface area contributed by atoms with E-state index in [1.54, 1.807) is 0 Å². The van der Waals surface area contributed by atoms with Gasteiger partial charge in [0.05, 0.1) is 22.4 Å². The topological polar surface area (TPSA) is 8.17 Å². The van der Waals surface area contributed by atoms with Crippen LogP contribution in [0.3, 0.4) is 0 Å². The van der Waals surface area contributed by atoms with Gasteiger partial charge in [0.15, 0.2) is 0 Å². The number of aromatic nitrogens is 1. The van der Waals surface area contributed by atoms with Crippen molar-refractivity contribution >= 4 is 38.9 Å². The average Bonchev–Trinajstić information content (AvgIpc) is 3.62. The molecular formula is C54H38N2. The van der Waals surface area contributed by atoms with Crippen LogP contribution in [0.2, 0.25) is 0 Å². The number of hydrogen-bond acceptors (Lipinski definition) is 1. The number of rotatable bonds is 8. The molecule has 0 spiro atoms. The highest BCUT2D eigenvalue weighted by Crippen LogP contribution is 2.46. The van der Waals surface area contributed by atoms with Crippen molar-refractivity contribution in [3.8, 4) is 50.2 Å². The third-order valence-corrected chi connectivity index (χ3v) is 10.8. The minimum Gasteiger partial charge on any atom is -0.310 e. The van der Waals surface area contributed by atoms with Crippen LogP contribution in [0.15, 0.2) is 231 Å². The maximum Gasteiger partial charge on any atom is 0.0562 e. The minimum atomic E-state index is 1.11. The van der Waals surface area contributed by atoms with Gasteiger partial charge in [0.25, 0.3) is 0 Å². The maximum atomic E-state index is 2.49. The SMILES string of the molecule is c1ccc(-c2ccccc2-c2ccc(-c3ccccc3-c3ccccc3)c(-n3c4ccccc4c4c(N(c5ccccc5)c5ccccc5)cccc43)c2)cc1. The van der Waals surface area contributed by atoms with Gasteiger partial charge in [-0.05, 0) is 87.5 Å². The van der Waals surface area contributed by atoms with Crippen LogP contribution in [0.5, 0.6) is 0 Å². The third kappa shape index (κ3) is 5.85. The average molecular weight is 715 g/mol. The maximum absolute atomic E-state index is 2.49. The lowest BCUT2D eigenvalue weighted by Gasteiger charge is -2.26. The van der Waals surface area contributed by atoms with Crippen LogP contribution in [0.1, 0.15) is 0 Å². The molecule has 2 nitrogen and oxygen atoms in total. The van der Waals surface area contributed by atoms with E-state index < -0.39 is 0 Å². The molecular weight excluding hydrogens is 677 g/mol. The summed E-state index contributed by atoms with van der Waals surface area (Å²) in [5.74, 6) is 0. The van der Waals surface area contributed by atoms with Gasteiger partial charge in [-0.25, -0.2) is 0 Å². The molecule has 9 aromatic carbocycles. The summed E-state index contributed by atoms with van der Waals surface area (Å²) in [6, 6.07) is 83.1. The molecule has 0 N–H and O–H groups in total. The van der Waals surface area contributed by atoms with Crippen LogP contribution in [0.4, 0.5) is 17.1 Å². The summed E-state index contributed by atoms with van der Waals surface area (Å²) in [4.78, 5) is 2.39. The fourth-order valence-electron chi connectivity index (χ4n) is 8.33. The summed E-state index contributed by atoms with van der Waals surface area (Å²) >= 11 is 0. The lowest BCUT2D eigenvalue weighted by molar-refractivity contribution is 1.18. The minimum absolute atomic E-state index is 1.11. The van der Waals surface area contributed by atoms with Gasteiger partial charge in [0.1, 0.15) is 0 Å². The second-order valence-corrected chi connectivity index (χ2v) is 14.1. The number of para-hydroxylation sites is 3. The molecule has 0 radical (unpaired) electrons. The highest BCUT2D eigenvalue weighted by Gasteiger charge is 2.23. The van der Waals surface area contributed by atoms with E-state index in [9.17, 15) is 0 Å². The Balaban J connectivity index is 1.29. The highest BCUT2D eigenvalue weighted by molar-refractivity contribution is 6.17. The molecule has 1 aromatic heterocycles. The first-order chi connectivity index (χ1) is 27.8. The Morgan fingerprint density at radius 3 is 1.38 bits per heavy atom. The molecule has 0 amide bonds. The first-order valence-corrected chi connectivity index (χ1v) is 19.2. The summed E-state index contributed by atoms with van der Waals surface area (Å²) in [5, 5.41) is 2.40. The normalized spacial score (nSPS) is 11.2. The summed E-state index contributed by atoms with van der Waals surface area (Å²) in [6.45, 7) is 0. The summed E-state index contributed by atoms with van der Waals surface area (Å²) in [5.41, 5.74) is 16.3. The zero-order valence-corrected chi connectivity index (χ0v) is 30.8. The van der Waals surface area contributed by atoms with Crippen LogP contribution < -0.4 is 4.90 Å².